The highest BCUT2D eigenvalue weighted by Crippen LogP contribution is 2.43. The van der Waals surface area contributed by atoms with Gasteiger partial charge in [-0.25, -0.2) is 4.57 Å². The summed E-state index contributed by atoms with van der Waals surface area (Å²) < 4.78 is 22.1. The fourth-order valence-electron chi connectivity index (χ4n) is 6.37. The molecule has 0 aromatic carbocycles. The summed E-state index contributed by atoms with van der Waals surface area (Å²) in [4.78, 5) is 22.7. The van der Waals surface area contributed by atoms with E-state index in [1.54, 1.807) is 6.08 Å². The van der Waals surface area contributed by atoms with E-state index in [2.05, 4.69) is 19.2 Å². The predicted molar refractivity (Wildman–Crippen MR) is 212 cm³/mol. The molecule has 0 saturated carbocycles. The first-order valence-corrected chi connectivity index (χ1v) is 22.8. The lowest BCUT2D eigenvalue weighted by Gasteiger charge is -2.23. The van der Waals surface area contributed by atoms with Gasteiger partial charge in [-0.05, 0) is 19.3 Å². The Kier molecular flexibility index (Phi) is 37.4. The third-order valence-electron chi connectivity index (χ3n) is 9.61. The van der Waals surface area contributed by atoms with Crippen LogP contribution in [-0.4, -0.2) is 47.8 Å². The molecule has 3 atom stereocenters. The largest absolute Gasteiger partial charge is 0.472 e. The molecule has 0 aromatic heterocycles. The first-order valence-electron chi connectivity index (χ1n) is 21.3. The molecule has 0 aliphatic rings. The first-order chi connectivity index (χ1) is 24.4. The van der Waals surface area contributed by atoms with Crippen LogP contribution in [0, 0.1) is 0 Å². The molecule has 1 unspecified atom stereocenters. The molecule has 0 fully saturated rings. The molecule has 5 N–H and O–H groups in total. The van der Waals surface area contributed by atoms with Crippen molar-refractivity contribution in [3.05, 3.63) is 12.2 Å². The number of aliphatic hydroxyl groups is 1. The summed E-state index contributed by atoms with van der Waals surface area (Å²) in [7, 11) is -4.33. The van der Waals surface area contributed by atoms with Gasteiger partial charge in [0.15, 0.2) is 0 Å². The molecule has 50 heavy (non-hydrogen) atoms. The lowest BCUT2D eigenvalue weighted by molar-refractivity contribution is -0.123. The summed E-state index contributed by atoms with van der Waals surface area (Å²) in [6.45, 7) is 4.15. The Bertz CT molecular complexity index is 799. The van der Waals surface area contributed by atoms with Crippen molar-refractivity contribution in [1.82, 2.24) is 5.32 Å². The Labute approximate surface area is 309 Å². The summed E-state index contributed by atoms with van der Waals surface area (Å²) in [6.07, 6.45) is 41.1. The van der Waals surface area contributed by atoms with E-state index in [9.17, 15) is 19.4 Å². The van der Waals surface area contributed by atoms with Crippen molar-refractivity contribution < 1.29 is 28.4 Å². The summed E-state index contributed by atoms with van der Waals surface area (Å²) in [6, 6.07) is -0.853. The number of hydrogen-bond acceptors (Lipinski definition) is 6. The van der Waals surface area contributed by atoms with Crippen LogP contribution in [0.5, 0.6) is 0 Å². The Hall–Kier alpha value is -0.760. The zero-order chi connectivity index (χ0) is 36.8. The van der Waals surface area contributed by atoms with Gasteiger partial charge in [0, 0.05) is 13.0 Å². The van der Waals surface area contributed by atoms with Gasteiger partial charge in [0.25, 0.3) is 0 Å². The average molecular weight is 731 g/mol. The van der Waals surface area contributed by atoms with E-state index in [1.807, 2.05) is 6.08 Å². The molecular weight excluding hydrogens is 647 g/mol. The standard InChI is InChI=1S/C41H83N2O6P/c1-3-5-7-9-11-13-15-17-19-21-23-25-27-29-31-33-35-41(45)43-39(38-49-50(46,47)48-37-36-42)40(44)34-32-30-28-26-24-22-20-18-16-14-12-10-8-6-4-2/h32,34,39-40,44H,3-31,33,35-38,42H2,1-2H3,(H,43,45)(H,46,47)/b34-32+/t39-,40+/m0/s1. The number of rotatable bonds is 40. The van der Waals surface area contributed by atoms with Gasteiger partial charge in [-0.1, -0.05) is 199 Å². The van der Waals surface area contributed by atoms with E-state index in [0.29, 0.717) is 6.42 Å². The van der Waals surface area contributed by atoms with Gasteiger partial charge in [0.2, 0.25) is 5.91 Å². The number of phosphoric ester groups is 1. The molecular formula is C41H83N2O6P. The van der Waals surface area contributed by atoms with Crippen molar-refractivity contribution in [2.45, 2.75) is 225 Å². The van der Waals surface area contributed by atoms with Crippen molar-refractivity contribution in [1.29, 1.82) is 0 Å². The second-order valence-corrected chi connectivity index (χ2v) is 16.0. The van der Waals surface area contributed by atoms with E-state index in [-0.39, 0.29) is 25.7 Å². The first kappa shape index (κ1) is 49.2. The number of aliphatic hydroxyl groups excluding tert-OH is 1. The van der Waals surface area contributed by atoms with Crippen LogP contribution in [0.2, 0.25) is 0 Å². The maximum atomic E-state index is 12.7. The van der Waals surface area contributed by atoms with E-state index in [0.717, 1.165) is 38.5 Å². The number of nitrogens with two attached hydrogens (primary N) is 1. The second kappa shape index (κ2) is 38.0. The van der Waals surface area contributed by atoms with Crippen LogP contribution in [0.15, 0.2) is 12.2 Å². The molecule has 1 amide bonds. The van der Waals surface area contributed by atoms with Crippen molar-refractivity contribution >= 4 is 13.7 Å². The Morgan fingerprint density at radius 1 is 0.640 bits per heavy atom. The highest BCUT2D eigenvalue weighted by Gasteiger charge is 2.26. The van der Waals surface area contributed by atoms with Crippen molar-refractivity contribution in [3.63, 3.8) is 0 Å². The lowest BCUT2D eigenvalue weighted by atomic mass is 10.0. The lowest BCUT2D eigenvalue weighted by Crippen LogP contribution is -2.45. The van der Waals surface area contributed by atoms with E-state index < -0.39 is 20.0 Å². The fourth-order valence-corrected chi connectivity index (χ4v) is 7.13. The molecule has 0 saturated heterocycles. The van der Waals surface area contributed by atoms with Gasteiger partial charge in [0.1, 0.15) is 0 Å². The molecule has 9 heteroatoms. The number of unbranched alkanes of at least 4 members (excludes halogenated alkanes) is 28. The molecule has 8 nitrogen and oxygen atoms in total. The topological polar surface area (TPSA) is 131 Å². The van der Waals surface area contributed by atoms with Crippen molar-refractivity contribution in [3.8, 4) is 0 Å². The minimum atomic E-state index is -4.33. The monoisotopic (exact) mass is 731 g/mol. The highest BCUT2D eigenvalue weighted by molar-refractivity contribution is 7.47. The molecule has 0 heterocycles. The summed E-state index contributed by atoms with van der Waals surface area (Å²) >= 11 is 0. The molecule has 0 aliphatic carbocycles. The van der Waals surface area contributed by atoms with Crippen LogP contribution in [0.25, 0.3) is 0 Å². The number of carbonyl (C=O) groups is 1. The number of phosphoric acid groups is 1. The van der Waals surface area contributed by atoms with Crippen LogP contribution in [-0.2, 0) is 18.4 Å². The number of allylic oxidation sites excluding steroid dienone is 1. The molecule has 0 aliphatic heterocycles. The van der Waals surface area contributed by atoms with Crippen LogP contribution in [0.1, 0.15) is 213 Å². The summed E-state index contributed by atoms with van der Waals surface area (Å²) in [5.74, 6) is -0.191. The molecule has 0 radical (unpaired) electrons. The zero-order valence-corrected chi connectivity index (χ0v) is 33.8. The van der Waals surface area contributed by atoms with Crippen LogP contribution >= 0.6 is 7.82 Å². The number of hydrogen-bond donors (Lipinski definition) is 4. The Morgan fingerprint density at radius 2 is 1.02 bits per heavy atom. The quantitative estimate of drug-likeness (QED) is 0.0280. The Balaban J connectivity index is 4.21. The SMILES string of the molecule is CCCCCCCCCCCCCCC/C=C/[C@@H](O)[C@H](COP(=O)(O)OCCN)NC(=O)CCCCCCCCCCCCCCCCCC. The van der Waals surface area contributed by atoms with Crippen molar-refractivity contribution in [2.75, 3.05) is 19.8 Å². The van der Waals surface area contributed by atoms with Crippen molar-refractivity contribution in [2.24, 2.45) is 5.73 Å². The third kappa shape index (κ3) is 35.6. The maximum Gasteiger partial charge on any atom is 0.472 e. The summed E-state index contributed by atoms with van der Waals surface area (Å²) in [5, 5.41) is 13.7. The van der Waals surface area contributed by atoms with Gasteiger partial charge >= 0.3 is 7.82 Å². The number of amides is 1. The fraction of sp³-hybridized carbons (Fsp3) is 0.927. The minimum Gasteiger partial charge on any atom is -0.387 e. The van der Waals surface area contributed by atoms with E-state index >= 15 is 0 Å². The highest BCUT2D eigenvalue weighted by atomic mass is 31.2. The van der Waals surface area contributed by atoms with Gasteiger partial charge in [-0.3, -0.25) is 13.8 Å². The second-order valence-electron chi connectivity index (χ2n) is 14.6. The smallest absolute Gasteiger partial charge is 0.387 e. The van der Waals surface area contributed by atoms with Gasteiger partial charge in [-0.15, -0.1) is 0 Å². The zero-order valence-electron chi connectivity index (χ0n) is 32.9. The molecule has 0 spiro atoms. The normalized spacial score (nSPS) is 14.3. The minimum absolute atomic E-state index is 0.0813. The van der Waals surface area contributed by atoms with Gasteiger partial charge in [-0.2, -0.15) is 0 Å². The van der Waals surface area contributed by atoms with Crippen LogP contribution in [0.3, 0.4) is 0 Å². The maximum absolute atomic E-state index is 12.7. The average Bonchev–Trinajstić information content (AvgIpc) is 3.10. The van der Waals surface area contributed by atoms with Crippen LogP contribution in [0.4, 0.5) is 0 Å². The van der Waals surface area contributed by atoms with Crippen LogP contribution < -0.4 is 11.1 Å². The molecule has 0 rings (SSSR count). The molecule has 0 bridgehead atoms. The van der Waals surface area contributed by atoms with Gasteiger partial charge < -0.3 is 21.1 Å². The Morgan fingerprint density at radius 3 is 1.42 bits per heavy atom. The third-order valence-corrected chi connectivity index (χ3v) is 10.6. The van der Waals surface area contributed by atoms with E-state index in [4.69, 9.17) is 14.8 Å². The van der Waals surface area contributed by atoms with Gasteiger partial charge in [0.05, 0.1) is 25.4 Å². The van der Waals surface area contributed by atoms with E-state index in [1.165, 1.54) is 154 Å². The number of carbonyl (C=O) groups excluding carboxylic acids is 1. The summed E-state index contributed by atoms with van der Waals surface area (Å²) in [5.41, 5.74) is 5.37. The number of nitrogens with one attached hydrogen (secondary N) is 1. The molecule has 298 valence electrons. The predicted octanol–water partition coefficient (Wildman–Crippen LogP) is 11.6. The molecule has 0 aromatic rings.